The molecule has 4 nitrogen and oxygen atoms in total. The number of benzene rings is 1. The molecule has 0 saturated heterocycles. The Morgan fingerprint density at radius 3 is 1.92 bits per heavy atom. The molecule has 0 heterocycles. The van der Waals surface area contributed by atoms with E-state index < -0.39 is 7.60 Å². The van der Waals surface area contributed by atoms with Crippen LogP contribution >= 0.6 is 7.60 Å². The minimum absolute atomic E-state index is 0.254. The Labute approximate surface area is 147 Å². The summed E-state index contributed by atoms with van der Waals surface area (Å²) in [6.07, 6.45) is 6.32. The van der Waals surface area contributed by atoms with E-state index in [1.807, 2.05) is 26.0 Å². The standard InChI is InChI=1S/C19H33O4P/c1-5-9-11-17-13-16(14-18(19(17)20)12-10-6-2)15-23-24(21,8-4)22-7-3/h13-14,20H,5-12,15H2,1-4H3. The molecule has 0 aliphatic rings. The fourth-order valence-corrected chi connectivity index (χ4v) is 3.80. The molecule has 0 aliphatic heterocycles. The number of phenols is 1. The molecule has 0 aliphatic carbocycles. The summed E-state index contributed by atoms with van der Waals surface area (Å²) >= 11 is 0. The van der Waals surface area contributed by atoms with E-state index in [4.69, 9.17) is 9.05 Å². The summed E-state index contributed by atoms with van der Waals surface area (Å²) in [5, 5.41) is 10.5. The van der Waals surface area contributed by atoms with Crippen molar-refractivity contribution in [3.63, 3.8) is 0 Å². The van der Waals surface area contributed by atoms with Crippen LogP contribution in [-0.2, 0) is 33.1 Å². The van der Waals surface area contributed by atoms with E-state index in [0.717, 1.165) is 55.2 Å². The summed E-state index contributed by atoms with van der Waals surface area (Å²) in [5.74, 6) is 0.420. The van der Waals surface area contributed by atoms with E-state index >= 15 is 0 Å². The minimum atomic E-state index is -3.01. The molecule has 0 spiro atoms. The summed E-state index contributed by atoms with van der Waals surface area (Å²) in [7, 11) is -3.01. The Balaban J connectivity index is 2.97. The highest BCUT2D eigenvalue weighted by Gasteiger charge is 2.21. The Kier molecular flexibility index (Phi) is 9.65. The van der Waals surface area contributed by atoms with Gasteiger partial charge in [-0.2, -0.15) is 0 Å². The van der Waals surface area contributed by atoms with Crippen molar-refractivity contribution < 1.29 is 18.7 Å². The van der Waals surface area contributed by atoms with Crippen molar-refractivity contribution in [3.8, 4) is 5.75 Å². The Bertz CT molecular complexity index is 513. The maximum atomic E-state index is 12.4. The number of phenolic OH excluding ortho intramolecular Hbond substituents is 1. The molecule has 0 fully saturated rings. The van der Waals surface area contributed by atoms with Gasteiger partial charge in [0.25, 0.3) is 0 Å². The highest BCUT2D eigenvalue weighted by molar-refractivity contribution is 7.53. The molecule has 1 N–H and O–H groups in total. The van der Waals surface area contributed by atoms with E-state index in [9.17, 15) is 9.67 Å². The lowest BCUT2D eigenvalue weighted by Crippen LogP contribution is -2.01. The molecule has 1 aromatic rings. The van der Waals surface area contributed by atoms with Crippen molar-refractivity contribution in [3.05, 3.63) is 28.8 Å². The summed E-state index contributed by atoms with van der Waals surface area (Å²) < 4.78 is 23.4. The van der Waals surface area contributed by atoms with Crippen molar-refractivity contribution in [2.75, 3.05) is 12.8 Å². The second-order valence-electron chi connectivity index (χ2n) is 6.09. The average molecular weight is 356 g/mol. The van der Waals surface area contributed by atoms with Crippen LogP contribution in [0.5, 0.6) is 5.75 Å². The van der Waals surface area contributed by atoms with E-state index in [2.05, 4.69) is 13.8 Å². The van der Waals surface area contributed by atoms with Crippen molar-refractivity contribution in [1.29, 1.82) is 0 Å². The van der Waals surface area contributed by atoms with Gasteiger partial charge >= 0.3 is 7.60 Å². The van der Waals surface area contributed by atoms with Gasteiger partial charge in [-0.05, 0) is 61.4 Å². The quantitative estimate of drug-likeness (QED) is 0.478. The summed E-state index contributed by atoms with van der Waals surface area (Å²) in [4.78, 5) is 0. The fraction of sp³-hybridized carbons (Fsp3) is 0.684. The number of aromatic hydroxyl groups is 1. The van der Waals surface area contributed by atoms with Crippen LogP contribution < -0.4 is 0 Å². The van der Waals surface area contributed by atoms with Gasteiger partial charge in [-0.3, -0.25) is 4.57 Å². The van der Waals surface area contributed by atoms with Crippen LogP contribution in [0, 0.1) is 0 Å². The normalized spacial score (nSPS) is 13.8. The lowest BCUT2D eigenvalue weighted by Gasteiger charge is -2.18. The Hall–Kier alpha value is -0.830. The predicted molar refractivity (Wildman–Crippen MR) is 99.9 cm³/mol. The van der Waals surface area contributed by atoms with Gasteiger partial charge in [0.15, 0.2) is 0 Å². The van der Waals surface area contributed by atoms with Gasteiger partial charge in [-0.25, -0.2) is 0 Å². The number of rotatable bonds is 12. The number of unbranched alkanes of at least 4 members (excludes halogenated alkanes) is 2. The summed E-state index contributed by atoms with van der Waals surface area (Å²) in [6, 6.07) is 3.96. The van der Waals surface area contributed by atoms with Crippen LogP contribution in [0.1, 0.15) is 70.1 Å². The molecule has 1 rings (SSSR count). The van der Waals surface area contributed by atoms with Gasteiger partial charge in [0.05, 0.1) is 13.2 Å². The molecular formula is C19H33O4P. The van der Waals surface area contributed by atoms with Crippen LogP contribution in [-0.4, -0.2) is 17.9 Å². The second-order valence-corrected chi connectivity index (χ2v) is 8.46. The third-order valence-electron chi connectivity index (χ3n) is 4.07. The van der Waals surface area contributed by atoms with Crippen LogP contribution in [0.3, 0.4) is 0 Å². The van der Waals surface area contributed by atoms with E-state index in [-0.39, 0.29) is 6.61 Å². The van der Waals surface area contributed by atoms with Gasteiger partial charge < -0.3 is 14.2 Å². The van der Waals surface area contributed by atoms with Crippen molar-refractivity contribution >= 4 is 7.60 Å². The first kappa shape index (κ1) is 21.2. The van der Waals surface area contributed by atoms with Crippen LogP contribution in [0.15, 0.2) is 12.1 Å². The third kappa shape index (κ3) is 6.58. The molecular weight excluding hydrogens is 323 g/mol. The van der Waals surface area contributed by atoms with Gasteiger partial charge in [0.2, 0.25) is 0 Å². The average Bonchev–Trinajstić information content (AvgIpc) is 2.58. The molecule has 0 saturated carbocycles. The zero-order chi connectivity index (χ0) is 18.0. The Morgan fingerprint density at radius 2 is 1.50 bits per heavy atom. The van der Waals surface area contributed by atoms with Crippen molar-refractivity contribution in [2.45, 2.75) is 72.8 Å². The van der Waals surface area contributed by atoms with E-state index in [1.165, 1.54) is 0 Å². The number of hydrogen-bond acceptors (Lipinski definition) is 4. The summed E-state index contributed by atoms with van der Waals surface area (Å²) in [6.45, 7) is 8.54. The van der Waals surface area contributed by atoms with Crippen molar-refractivity contribution in [1.82, 2.24) is 0 Å². The molecule has 0 amide bonds. The molecule has 1 unspecified atom stereocenters. The SMILES string of the molecule is CCCCc1cc(COP(=O)(CC)OCC)cc(CCCC)c1O. The smallest absolute Gasteiger partial charge is 0.330 e. The zero-order valence-corrected chi connectivity index (χ0v) is 16.5. The van der Waals surface area contributed by atoms with E-state index in [1.54, 1.807) is 0 Å². The molecule has 5 heteroatoms. The van der Waals surface area contributed by atoms with Crippen LogP contribution in [0.4, 0.5) is 0 Å². The van der Waals surface area contributed by atoms with Gasteiger partial charge in [0.1, 0.15) is 5.75 Å². The highest BCUT2D eigenvalue weighted by Crippen LogP contribution is 2.48. The van der Waals surface area contributed by atoms with Crippen molar-refractivity contribution in [2.24, 2.45) is 0 Å². The second kappa shape index (κ2) is 10.9. The van der Waals surface area contributed by atoms with Gasteiger partial charge in [-0.1, -0.05) is 33.6 Å². The predicted octanol–water partition coefficient (Wildman–Crippen LogP) is 5.84. The molecule has 0 bridgehead atoms. The molecule has 1 atom stereocenters. The molecule has 0 radical (unpaired) electrons. The Morgan fingerprint density at radius 1 is 0.958 bits per heavy atom. The third-order valence-corrected chi connectivity index (χ3v) is 6.02. The first-order valence-electron chi connectivity index (χ1n) is 9.21. The monoisotopic (exact) mass is 356 g/mol. The lowest BCUT2D eigenvalue weighted by molar-refractivity contribution is 0.205. The molecule has 1 aromatic carbocycles. The highest BCUT2D eigenvalue weighted by atomic mass is 31.2. The minimum Gasteiger partial charge on any atom is -0.507 e. The zero-order valence-electron chi connectivity index (χ0n) is 15.6. The fourth-order valence-electron chi connectivity index (χ4n) is 2.62. The van der Waals surface area contributed by atoms with Gasteiger partial charge in [0, 0.05) is 6.16 Å². The molecule has 0 aromatic heterocycles. The van der Waals surface area contributed by atoms with Crippen LogP contribution in [0.2, 0.25) is 0 Å². The largest absolute Gasteiger partial charge is 0.507 e. The van der Waals surface area contributed by atoms with E-state index in [0.29, 0.717) is 18.5 Å². The molecule has 138 valence electrons. The van der Waals surface area contributed by atoms with Crippen LogP contribution in [0.25, 0.3) is 0 Å². The first-order chi connectivity index (χ1) is 11.5. The first-order valence-corrected chi connectivity index (χ1v) is 10.9. The maximum Gasteiger partial charge on any atom is 0.330 e. The number of hydrogen-bond donors (Lipinski definition) is 1. The maximum absolute atomic E-state index is 12.4. The number of aryl methyl sites for hydroxylation is 2. The van der Waals surface area contributed by atoms with Gasteiger partial charge in [-0.15, -0.1) is 0 Å². The lowest BCUT2D eigenvalue weighted by atomic mass is 9.97. The topological polar surface area (TPSA) is 55.8 Å². The summed E-state index contributed by atoms with van der Waals surface area (Å²) in [5.41, 5.74) is 2.89. The molecule has 24 heavy (non-hydrogen) atoms.